The molecule has 1 saturated heterocycles. The third-order valence-electron chi connectivity index (χ3n) is 3.51. The molecule has 9 heteroatoms. The zero-order chi connectivity index (χ0) is 17.1. The van der Waals surface area contributed by atoms with Crippen molar-refractivity contribution < 1.29 is 18.8 Å². The number of hydroxylamine groups is 2. The number of halogens is 1. The van der Waals surface area contributed by atoms with Gasteiger partial charge in [0.15, 0.2) is 0 Å². The fourth-order valence-electron chi connectivity index (χ4n) is 2.35. The number of ether oxygens (including phenoxy) is 1. The number of rotatable bonds is 3. The number of nitrogens with zero attached hydrogens (tertiary/aromatic N) is 2. The van der Waals surface area contributed by atoms with Crippen molar-refractivity contribution >= 4 is 6.09 Å². The van der Waals surface area contributed by atoms with Crippen LogP contribution < -0.4 is 11.2 Å². The second-order valence-electron chi connectivity index (χ2n) is 5.11. The molecule has 1 aliphatic rings. The summed E-state index contributed by atoms with van der Waals surface area (Å²) in [6, 6.07) is 9.03. The minimum Gasteiger partial charge on any atom is -0.443 e. The minimum atomic E-state index is -1.13. The number of nitrogens with one attached hydrogen (secondary N) is 1. The first-order valence-electron chi connectivity index (χ1n) is 7.20. The highest BCUT2D eigenvalue weighted by Gasteiger charge is 2.34. The van der Waals surface area contributed by atoms with Gasteiger partial charge in [-0.3, -0.25) is 19.2 Å². The van der Waals surface area contributed by atoms with Crippen LogP contribution in [-0.4, -0.2) is 27.3 Å². The Morgan fingerprint density at radius 3 is 2.83 bits per heavy atom. The van der Waals surface area contributed by atoms with Crippen LogP contribution in [-0.2, 0) is 16.2 Å². The van der Waals surface area contributed by atoms with Gasteiger partial charge in [-0.05, 0) is 5.56 Å². The van der Waals surface area contributed by atoms with Crippen molar-refractivity contribution in [3.05, 3.63) is 68.7 Å². The summed E-state index contributed by atoms with van der Waals surface area (Å²) in [7, 11) is 0. The van der Waals surface area contributed by atoms with Crippen LogP contribution in [0.5, 0.6) is 0 Å². The molecule has 1 N–H and O–H groups in total. The molecule has 1 aromatic carbocycles. The number of carbonyl (C=O) groups excluding carboxylic acids is 1. The van der Waals surface area contributed by atoms with E-state index < -0.39 is 29.3 Å². The third-order valence-corrected chi connectivity index (χ3v) is 3.51. The standard InChI is InChI=1S/C15H14FN3O5/c16-11-8-18(14(21)17-13(11)20)12-6-7-24-19(12)15(22)23-9-10-4-2-1-3-5-10/h1-5,8,12H,6-7,9H2,(H,17,20,21). The highest BCUT2D eigenvalue weighted by atomic mass is 19.1. The van der Waals surface area contributed by atoms with Crippen LogP contribution in [0.4, 0.5) is 9.18 Å². The van der Waals surface area contributed by atoms with Gasteiger partial charge >= 0.3 is 11.8 Å². The van der Waals surface area contributed by atoms with Gasteiger partial charge in [0.25, 0.3) is 5.56 Å². The van der Waals surface area contributed by atoms with Gasteiger partial charge in [-0.25, -0.2) is 9.59 Å². The van der Waals surface area contributed by atoms with Gasteiger partial charge in [0.2, 0.25) is 5.82 Å². The van der Waals surface area contributed by atoms with Crippen molar-refractivity contribution in [2.75, 3.05) is 6.61 Å². The lowest BCUT2D eigenvalue weighted by Gasteiger charge is -2.23. The summed E-state index contributed by atoms with van der Waals surface area (Å²) in [6.45, 7) is 0.180. The molecule has 126 valence electrons. The van der Waals surface area contributed by atoms with Crippen LogP contribution in [0, 0.1) is 5.82 Å². The number of hydrogen-bond acceptors (Lipinski definition) is 5. The summed E-state index contributed by atoms with van der Waals surface area (Å²) in [5.41, 5.74) is -1.17. The van der Waals surface area contributed by atoms with E-state index in [0.29, 0.717) is 0 Å². The van der Waals surface area contributed by atoms with Crippen LogP contribution in [0.3, 0.4) is 0 Å². The van der Waals surface area contributed by atoms with E-state index in [-0.39, 0.29) is 19.6 Å². The zero-order valence-electron chi connectivity index (χ0n) is 12.5. The normalized spacial score (nSPS) is 17.0. The van der Waals surface area contributed by atoms with Crippen molar-refractivity contribution in [2.45, 2.75) is 19.2 Å². The Kier molecular flexibility index (Phi) is 4.43. The van der Waals surface area contributed by atoms with Gasteiger partial charge in [0.05, 0.1) is 12.8 Å². The average Bonchev–Trinajstić information content (AvgIpc) is 3.06. The largest absolute Gasteiger partial charge is 0.443 e. The summed E-state index contributed by atoms with van der Waals surface area (Å²) in [5, 5.41) is 0.863. The topological polar surface area (TPSA) is 93.6 Å². The lowest BCUT2D eigenvalue weighted by molar-refractivity contribution is -0.126. The van der Waals surface area contributed by atoms with E-state index in [1.54, 1.807) is 24.3 Å². The first kappa shape index (κ1) is 15.9. The number of aromatic amines is 1. The monoisotopic (exact) mass is 335 g/mol. The molecule has 1 aromatic heterocycles. The Hall–Kier alpha value is -2.94. The number of carbonyl (C=O) groups is 1. The molecule has 24 heavy (non-hydrogen) atoms. The molecule has 1 aliphatic heterocycles. The van der Waals surface area contributed by atoms with Gasteiger partial charge < -0.3 is 4.74 Å². The molecule has 2 aromatic rings. The maximum Gasteiger partial charge on any atom is 0.436 e. The van der Waals surface area contributed by atoms with E-state index in [1.165, 1.54) is 0 Å². The second kappa shape index (κ2) is 6.67. The molecule has 0 radical (unpaired) electrons. The summed E-state index contributed by atoms with van der Waals surface area (Å²) < 4.78 is 19.5. The number of H-pyrrole nitrogens is 1. The molecule has 3 rings (SSSR count). The molecular formula is C15H14FN3O5. The van der Waals surface area contributed by atoms with Crippen molar-refractivity contribution in [3.8, 4) is 0 Å². The Morgan fingerprint density at radius 1 is 1.33 bits per heavy atom. The van der Waals surface area contributed by atoms with Crippen molar-refractivity contribution in [3.63, 3.8) is 0 Å². The number of amides is 1. The van der Waals surface area contributed by atoms with Crippen LogP contribution in [0.15, 0.2) is 46.1 Å². The molecule has 1 unspecified atom stereocenters. The van der Waals surface area contributed by atoms with Crippen molar-refractivity contribution in [1.82, 2.24) is 14.6 Å². The van der Waals surface area contributed by atoms with Gasteiger partial charge in [0.1, 0.15) is 12.8 Å². The molecule has 1 atom stereocenters. The number of hydrogen-bond donors (Lipinski definition) is 1. The molecule has 0 spiro atoms. The van der Waals surface area contributed by atoms with Crippen molar-refractivity contribution in [2.24, 2.45) is 0 Å². The summed E-state index contributed by atoms with van der Waals surface area (Å²) >= 11 is 0. The molecule has 2 heterocycles. The Balaban J connectivity index is 1.76. The lowest BCUT2D eigenvalue weighted by Crippen LogP contribution is -2.40. The number of aromatic nitrogens is 2. The van der Waals surface area contributed by atoms with E-state index >= 15 is 0 Å². The summed E-state index contributed by atoms with van der Waals surface area (Å²) in [4.78, 5) is 42.1. The van der Waals surface area contributed by atoms with E-state index in [9.17, 15) is 18.8 Å². The number of benzene rings is 1. The van der Waals surface area contributed by atoms with Gasteiger partial charge in [0, 0.05) is 6.42 Å². The van der Waals surface area contributed by atoms with E-state index in [2.05, 4.69) is 0 Å². The SMILES string of the molecule is O=C(OCc1ccccc1)N1OCCC1n1cc(F)c(=O)[nH]c1=O. The Labute approximate surface area is 135 Å². The molecule has 0 saturated carbocycles. The minimum absolute atomic E-state index is 0.0289. The first-order chi connectivity index (χ1) is 11.6. The fourth-order valence-corrected chi connectivity index (χ4v) is 2.35. The summed E-state index contributed by atoms with van der Waals surface area (Å²) in [5.74, 6) is -1.13. The van der Waals surface area contributed by atoms with Crippen LogP contribution in [0.1, 0.15) is 18.2 Å². The van der Waals surface area contributed by atoms with Gasteiger partial charge in [-0.1, -0.05) is 30.3 Å². The van der Waals surface area contributed by atoms with Gasteiger partial charge in [-0.15, -0.1) is 0 Å². The predicted octanol–water partition coefficient (Wildman–Crippen LogP) is 1.15. The van der Waals surface area contributed by atoms with Gasteiger partial charge in [-0.2, -0.15) is 9.45 Å². The quantitative estimate of drug-likeness (QED) is 0.908. The van der Waals surface area contributed by atoms with Crippen LogP contribution >= 0.6 is 0 Å². The molecule has 1 amide bonds. The third kappa shape index (κ3) is 3.20. The Morgan fingerprint density at radius 2 is 2.08 bits per heavy atom. The average molecular weight is 335 g/mol. The van der Waals surface area contributed by atoms with Crippen LogP contribution in [0.2, 0.25) is 0 Å². The zero-order valence-corrected chi connectivity index (χ0v) is 12.5. The Bertz CT molecular complexity index is 848. The van der Waals surface area contributed by atoms with E-state index in [4.69, 9.17) is 9.57 Å². The van der Waals surface area contributed by atoms with Crippen molar-refractivity contribution in [1.29, 1.82) is 0 Å². The molecule has 8 nitrogen and oxygen atoms in total. The molecular weight excluding hydrogens is 321 g/mol. The maximum atomic E-state index is 13.4. The maximum absolute atomic E-state index is 13.4. The van der Waals surface area contributed by atoms with Crippen LogP contribution in [0.25, 0.3) is 0 Å². The first-order valence-corrected chi connectivity index (χ1v) is 7.20. The predicted molar refractivity (Wildman–Crippen MR) is 79.4 cm³/mol. The lowest BCUT2D eigenvalue weighted by atomic mass is 10.2. The second-order valence-corrected chi connectivity index (χ2v) is 5.11. The highest BCUT2D eigenvalue weighted by molar-refractivity contribution is 5.66. The summed E-state index contributed by atoms with van der Waals surface area (Å²) in [6.07, 6.45) is -0.698. The van der Waals surface area contributed by atoms with E-state index in [1.807, 2.05) is 11.1 Å². The molecule has 0 aliphatic carbocycles. The van der Waals surface area contributed by atoms with E-state index in [0.717, 1.165) is 21.4 Å². The smallest absolute Gasteiger partial charge is 0.436 e. The molecule has 0 bridgehead atoms. The highest BCUT2D eigenvalue weighted by Crippen LogP contribution is 2.24. The fraction of sp³-hybridized carbons (Fsp3) is 0.267. The molecule has 1 fully saturated rings.